The SMILES string of the molecule is CSc1cnc2c(c1)c(C(=O)O)c(-c1ccc(S(=O)(=O)NC3(C(F)(F)F)CC3)cc1)n2C1=CC=C1. The van der Waals surface area contributed by atoms with Gasteiger partial charge in [0.1, 0.15) is 11.2 Å². The van der Waals surface area contributed by atoms with Crippen LogP contribution in [0.1, 0.15) is 23.2 Å². The number of carbonyl (C=O) groups is 1. The topological polar surface area (TPSA) is 101 Å². The molecule has 0 radical (unpaired) electrons. The lowest BCUT2D eigenvalue weighted by molar-refractivity contribution is -0.160. The van der Waals surface area contributed by atoms with Gasteiger partial charge >= 0.3 is 12.1 Å². The molecule has 0 bridgehead atoms. The van der Waals surface area contributed by atoms with Crippen LogP contribution < -0.4 is 4.72 Å². The molecule has 12 heteroatoms. The van der Waals surface area contributed by atoms with Crippen molar-refractivity contribution in [3.05, 3.63) is 60.3 Å². The number of pyridine rings is 1. The molecule has 1 fully saturated rings. The van der Waals surface area contributed by atoms with Gasteiger partial charge in [-0.3, -0.25) is 4.57 Å². The van der Waals surface area contributed by atoms with Crippen molar-refractivity contribution in [2.24, 2.45) is 0 Å². The van der Waals surface area contributed by atoms with E-state index in [2.05, 4.69) is 4.98 Å². The van der Waals surface area contributed by atoms with Crippen LogP contribution in [-0.2, 0) is 10.0 Å². The van der Waals surface area contributed by atoms with Gasteiger partial charge in [0.25, 0.3) is 0 Å². The first-order valence-electron chi connectivity index (χ1n) is 10.4. The largest absolute Gasteiger partial charge is 0.478 e. The molecule has 2 heterocycles. The molecular formula is C23H18F3N3O4S2. The zero-order chi connectivity index (χ0) is 25.2. The average Bonchev–Trinajstić information content (AvgIpc) is 3.47. The lowest BCUT2D eigenvalue weighted by Gasteiger charge is -2.20. The molecule has 182 valence electrons. The van der Waals surface area contributed by atoms with E-state index in [0.717, 1.165) is 4.90 Å². The summed E-state index contributed by atoms with van der Waals surface area (Å²) in [5, 5.41) is 10.5. The van der Waals surface area contributed by atoms with E-state index in [4.69, 9.17) is 0 Å². The quantitative estimate of drug-likeness (QED) is 0.429. The number of aromatic nitrogens is 2. The van der Waals surface area contributed by atoms with Crippen molar-refractivity contribution in [1.82, 2.24) is 14.3 Å². The van der Waals surface area contributed by atoms with Gasteiger partial charge in [-0.1, -0.05) is 18.2 Å². The Bertz CT molecular complexity index is 1530. The van der Waals surface area contributed by atoms with Crippen LogP contribution >= 0.6 is 11.8 Å². The van der Waals surface area contributed by atoms with Crippen molar-refractivity contribution in [3.63, 3.8) is 0 Å². The third-order valence-corrected chi connectivity index (χ3v) is 8.33. The van der Waals surface area contributed by atoms with Gasteiger partial charge < -0.3 is 5.11 Å². The Morgan fingerprint density at radius 1 is 1.23 bits per heavy atom. The number of carboxylic acid groups (broad SMARTS) is 1. The van der Waals surface area contributed by atoms with Crippen LogP contribution in [0, 0.1) is 0 Å². The molecule has 1 saturated carbocycles. The van der Waals surface area contributed by atoms with Gasteiger partial charge in [-0.15, -0.1) is 11.8 Å². The molecule has 2 aromatic heterocycles. The third-order valence-electron chi connectivity index (χ3n) is 6.09. The molecule has 2 aliphatic rings. The van der Waals surface area contributed by atoms with Crippen LogP contribution in [-0.4, -0.2) is 47.0 Å². The van der Waals surface area contributed by atoms with Gasteiger partial charge in [0.15, 0.2) is 0 Å². The smallest absolute Gasteiger partial charge is 0.407 e. The molecule has 0 amide bonds. The maximum absolute atomic E-state index is 13.3. The molecule has 0 spiro atoms. The van der Waals surface area contributed by atoms with Crippen LogP contribution in [0.25, 0.3) is 28.0 Å². The highest BCUT2D eigenvalue weighted by molar-refractivity contribution is 7.98. The van der Waals surface area contributed by atoms with E-state index >= 15 is 0 Å². The fraction of sp³-hybridized carbons (Fsp3) is 0.217. The van der Waals surface area contributed by atoms with Gasteiger partial charge in [-0.2, -0.15) is 17.9 Å². The number of carboxylic acids is 1. The number of rotatable bonds is 7. The summed E-state index contributed by atoms with van der Waals surface area (Å²) >= 11 is 1.41. The zero-order valence-electron chi connectivity index (χ0n) is 18.1. The van der Waals surface area contributed by atoms with Crippen molar-refractivity contribution < 1.29 is 31.5 Å². The average molecular weight is 522 g/mol. The molecule has 0 atom stereocenters. The number of benzene rings is 1. The van der Waals surface area contributed by atoms with Gasteiger partial charge in [-0.25, -0.2) is 18.2 Å². The summed E-state index contributed by atoms with van der Waals surface area (Å²) in [4.78, 5) is 17.2. The molecule has 3 aromatic rings. The number of nitrogens with one attached hydrogen (secondary N) is 1. The normalized spacial score (nSPS) is 16.7. The van der Waals surface area contributed by atoms with Crippen molar-refractivity contribution in [2.75, 3.05) is 6.26 Å². The molecule has 2 aliphatic carbocycles. The summed E-state index contributed by atoms with van der Waals surface area (Å²) in [6.45, 7) is 0. The number of hydrogen-bond acceptors (Lipinski definition) is 5. The van der Waals surface area contributed by atoms with Gasteiger partial charge in [0.05, 0.1) is 16.2 Å². The molecule has 2 N–H and O–H groups in total. The summed E-state index contributed by atoms with van der Waals surface area (Å²) in [5.41, 5.74) is -0.654. The summed E-state index contributed by atoms with van der Waals surface area (Å²) in [6, 6.07) is 6.84. The molecule has 0 saturated heterocycles. The summed E-state index contributed by atoms with van der Waals surface area (Å²) < 4.78 is 68.6. The van der Waals surface area contributed by atoms with Crippen molar-refractivity contribution in [2.45, 2.75) is 34.3 Å². The van der Waals surface area contributed by atoms with Crippen molar-refractivity contribution in [1.29, 1.82) is 0 Å². The molecule has 0 unspecified atom stereocenters. The maximum Gasteiger partial charge on any atom is 0.407 e. The minimum absolute atomic E-state index is 0.00710. The number of allylic oxidation sites excluding steroid dienone is 4. The minimum Gasteiger partial charge on any atom is -0.478 e. The Kier molecular flexibility index (Phi) is 5.38. The van der Waals surface area contributed by atoms with Gasteiger partial charge in [0.2, 0.25) is 10.0 Å². The van der Waals surface area contributed by atoms with E-state index in [9.17, 15) is 31.5 Å². The highest BCUT2D eigenvalue weighted by atomic mass is 32.2. The Morgan fingerprint density at radius 2 is 1.89 bits per heavy atom. The first kappa shape index (κ1) is 23.6. The summed E-state index contributed by atoms with van der Waals surface area (Å²) in [5.74, 6) is -1.19. The van der Waals surface area contributed by atoms with E-state index in [1.165, 1.54) is 36.0 Å². The zero-order valence-corrected chi connectivity index (χ0v) is 19.8. The number of sulfonamides is 1. The van der Waals surface area contributed by atoms with E-state index in [0.29, 0.717) is 28.0 Å². The monoisotopic (exact) mass is 521 g/mol. The molecule has 1 aromatic carbocycles. The first-order chi connectivity index (χ1) is 16.5. The van der Waals surface area contributed by atoms with E-state index in [1.54, 1.807) is 39.8 Å². The van der Waals surface area contributed by atoms with Gasteiger partial charge in [0, 0.05) is 22.2 Å². The number of fused-ring (bicyclic) bond motifs is 1. The summed E-state index contributed by atoms with van der Waals surface area (Å²) in [6.07, 6.45) is 3.52. The Balaban J connectivity index is 1.62. The molecule has 35 heavy (non-hydrogen) atoms. The Labute approximate surface area is 202 Å². The fourth-order valence-electron chi connectivity index (χ4n) is 4.01. The van der Waals surface area contributed by atoms with Gasteiger partial charge in [-0.05, 0) is 55.0 Å². The Morgan fingerprint density at radius 3 is 2.37 bits per heavy atom. The van der Waals surface area contributed by atoms with Crippen LogP contribution in [0.2, 0.25) is 0 Å². The van der Waals surface area contributed by atoms with E-state index in [1.807, 2.05) is 6.26 Å². The number of nitrogens with zero attached hydrogens (tertiary/aromatic N) is 2. The van der Waals surface area contributed by atoms with Crippen LogP contribution in [0.4, 0.5) is 13.2 Å². The molecule has 7 nitrogen and oxygen atoms in total. The van der Waals surface area contributed by atoms with Crippen LogP contribution in [0.5, 0.6) is 0 Å². The number of hydrogen-bond donors (Lipinski definition) is 2. The number of halogens is 3. The van der Waals surface area contributed by atoms with Crippen molar-refractivity contribution in [3.8, 4) is 11.3 Å². The molecule has 5 rings (SSSR count). The molecule has 0 aliphatic heterocycles. The predicted molar refractivity (Wildman–Crippen MR) is 126 cm³/mol. The standard InChI is InChI=1S/C23H18F3N3O4S2/c1-34-15-11-17-18(21(30)31)19(29(14-3-2-4-14)20(17)27-12-15)13-5-7-16(8-6-13)35(32,33)28-22(9-10-22)23(24,25)26/h2-8,11-12,28H,9-10H2,1H3,(H,30,31). The van der Waals surface area contributed by atoms with Crippen molar-refractivity contribution >= 4 is 44.5 Å². The fourth-order valence-corrected chi connectivity index (χ4v) is 5.85. The first-order valence-corrected chi connectivity index (χ1v) is 13.1. The lowest BCUT2D eigenvalue weighted by Crippen LogP contribution is -2.47. The molecular weight excluding hydrogens is 503 g/mol. The Hall–Kier alpha value is -3.09. The summed E-state index contributed by atoms with van der Waals surface area (Å²) in [7, 11) is -4.45. The number of thioether (sulfide) groups is 1. The number of aromatic carboxylic acids is 1. The minimum atomic E-state index is -4.69. The van der Waals surface area contributed by atoms with Crippen LogP contribution in [0.15, 0.2) is 64.5 Å². The predicted octanol–water partition coefficient (Wildman–Crippen LogP) is 4.91. The van der Waals surface area contributed by atoms with Crippen LogP contribution in [0.3, 0.4) is 0 Å². The second-order valence-electron chi connectivity index (χ2n) is 8.27. The number of alkyl halides is 3. The maximum atomic E-state index is 13.3. The van der Waals surface area contributed by atoms with E-state index < -0.39 is 27.7 Å². The second kappa shape index (κ2) is 7.97. The highest BCUT2D eigenvalue weighted by Gasteiger charge is 2.65. The van der Waals surface area contributed by atoms with E-state index in [-0.39, 0.29) is 23.3 Å². The highest BCUT2D eigenvalue weighted by Crippen LogP contribution is 2.49. The second-order valence-corrected chi connectivity index (χ2v) is 10.8. The third kappa shape index (κ3) is 3.85. The lowest BCUT2D eigenvalue weighted by atomic mass is 10.1.